The summed E-state index contributed by atoms with van der Waals surface area (Å²) in [7, 11) is -3.45. The molecule has 0 radical (unpaired) electrons. The summed E-state index contributed by atoms with van der Waals surface area (Å²) in [5.41, 5.74) is 0.563. The van der Waals surface area contributed by atoms with Gasteiger partial charge in [0.05, 0.1) is 5.75 Å². The SMILES string of the molecule is CCC(C)NC(=O)C1CCN(S(=O)(=O)Cc2ccc(F)cc2)CC1. The van der Waals surface area contributed by atoms with E-state index in [0.29, 0.717) is 31.5 Å². The average Bonchev–Trinajstić information content (AvgIpc) is 2.56. The van der Waals surface area contributed by atoms with Crippen LogP contribution in [0, 0.1) is 11.7 Å². The van der Waals surface area contributed by atoms with Crippen LogP contribution in [-0.4, -0.2) is 37.8 Å². The highest BCUT2D eigenvalue weighted by Crippen LogP contribution is 2.22. The molecule has 1 fully saturated rings. The predicted octanol–water partition coefficient (Wildman–Crippen LogP) is 2.28. The quantitative estimate of drug-likeness (QED) is 0.850. The highest BCUT2D eigenvalue weighted by atomic mass is 32.2. The maximum atomic E-state index is 12.9. The van der Waals surface area contributed by atoms with Gasteiger partial charge in [-0.1, -0.05) is 19.1 Å². The van der Waals surface area contributed by atoms with Crippen LogP contribution in [0.4, 0.5) is 4.39 Å². The lowest BCUT2D eigenvalue weighted by atomic mass is 9.97. The van der Waals surface area contributed by atoms with E-state index in [1.807, 2.05) is 13.8 Å². The molecule has 1 aromatic rings. The fraction of sp³-hybridized carbons (Fsp3) is 0.588. The summed E-state index contributed by atoms with van der Waals surface area (Å²) in [4.78, 5) is 12.1. The monoisotopic (exact) mass is 356 g/mol. The van der Waals surface area contributed by atoms with Crippen molar-refractivity contribution >= 4 is 15.9 Å². The Morgan fingerprint density at radius 3 is 2.42 bits per heavy atom. The van der Waals surface area contributed by atoms with Crippen molar-refractivity contribution < 1.29 is 17.6 Å². The molecule has 1 aromatic carbocycles. The third kappa shape index (κ3) is 5.01. The zero-order chi connectivity index (χ0) is 17.7. The van der Waals surface area contributed by atoms with Crippen molar-refractivity contribution in [1.29, 1.82) is 0 Å². The summed E-state index contributed by atoms with van der Waals surface area (Å²) in [5.74, 6) is -0.641. The molecule has 0 bridgehead atoms. The second-order valence-electron chi connectivity index (χ2n) is 6.37. The van der Waals surface area contributed by atoms with E-state index in [2.05, 4.69) is 5.32 Å². The fourth-order valence-corrected chi connectivity index (χ4v) is 4.30. The van der Waals surface area contributed by atoms with Crippen LogP contribution in [-0.2, 0) is 20.6 Å². The van der Waals surface area contributed by atoms with Crippen LogP contribution < -0.4 is 5.32 Å². The minimum atomic E-state index is -3.45. The molecule has 1 N–H and O–H groups in total. The Balaban J connectivity index is 1.90. The second-order valence-corrected chi connectivity index (χ2v) is 8.34. The third-order valence-electron chi connectivity index (χ3n) is 4.48. The van der Waals surface area contributed by atoms with Gasteiger partial charge >= 0.3 is 0 Å². The van der Waals surface area contributed by atoms with Crippen molar-refractivity contribution in [3.05, 3.63) is 35.6 Å². The van der Waals surface area contributed by atoms with Gasteiger partial charge in [0.25, 0.3) is 0 Å². The first-order chi connectivity index (χ1) is 11.3. The van der Waals surface area contributed by atoms with Crippen molar-refractivity contribution in [2.45, 2.75) is 44.9 Å². The standard InChI is InChI=1S/C17H25FN2O3S/c1-3-13(2)19-17(21)15-8-10-20(11-9-15)24(22,23)12-14-4-6-16(18)7-5-14/h4-7,13,15H,3,8-12H2,1-2H3,(H,19,21). The predicted molar refractivity (Wildman–Crippen MR) is 91.2 cm³/mol. The van der Waals surface area contributed by atoms with Gasteiger partial charge in [-0.05, 0) is 43.9 Å². The maximum absolute atomic E-state index is 12.9. The molecule has 134 valence electrons. The van der Waals surface area contributed by atoms with E-state index in [1.54, 1.807) is 0 Å². The molecule has 1 atom stereocenters. The first-order valence-corrected chi connectivity index (χ1v) is 9.95. The van der Waals surface area contributed by atoms with Crippen molar-refractivity contribution in [2.24, 2.45) is 5.92 Å². The minimum Gasteiger partial charge on any atom is -0.353 e. The zero-order valence-electron chi connectivity index (χ0n) is 14.2. The van der Waals surface area contributed by atoms with Crippen molar-refractivity contribution in [3.8, 4) is 0 Å². The Labute approximate surface area is 143 Å². The molecule has 5 nitrogen and oxygen atoms in total. The number of carbonyl (C=O) groups is 1. The number of nitrogens with zero attached hydrogens (tertiary/aromatic N) is 1. The molecule has 1 heterocycles. The van der Waals surface area contributed by atoms with Gasteiger partial charge in [0, 0.05) is 25.0 Å². The molecule has 0 saturated carbocycles. The molecule has 1 amide bonds. The van der Waals surface area contributed by atoms with Crippen molar-refractivity contribution in [1.82, 2.24) is 9.62 Å². The number of piperidine rings is 1. The van der Waals surface area contributed by atoms with E-state index < -0.39 is 10.0 Å². The van der Waals surface area contributed by atoms with E-state index in [0.717, 1.165) is 6.42 Å². The van der Waals surface area contributed by atoms with E-state index >= 15 is 0 Å². The molecule has 1 saturated heterocycles. The maximum Gasteiger partial charge on any atom is 0.223 e. The number of carbonyl (C=O) groups excluding carboxylic acids is 1. The Hall–Kier alpha value is -1.47. The number of hydrogen-bond acceptors (Lipinski definition) is 3. The average molecular weight is 356 g/mol. The molecule has 1 aliphatic heterocycles. The largest absolute Gasteiger partial charge is 0.353 e. The van der Waals surface area contributed by atoms with Gasteiger partial charge in [0.1, 0.15) is 5.82 Å². The number of rotatable bonds is 6. The van der Waals surface area contributed by atoms with Gasteiger partial charge in [-0.25, -0.2) is 17.1 Å². The number of nitrogens with one attached hydrogen (secondary N) is 1. The first kappa shape index (κ1) is 18.9. The summed E-state index contributed by atoms with van der Waals surface area (Å²) in [6, 6.07) is 5.63. The Morgan fingerprint density at radius 1 is 1.29 bits per heavy atom. The Bertz CT molecular complexity index is 653. The third-order valence-corrected chi connectivity index (χ3v) is 6.33. The van der Waals surface area contributed by atoms with Crippen LogP contribution >= 0.6 is 0 Å². The van der Waals surface area contributed by atoms with Crippen LogP contribution in [0.15, 0.2) is 24.3 Å². The number of benzene rings is 1. The molecule has 0 aliphatic carbocycles. The topological polar surface area (TPSA) is 66.5 Å². The van der Waals surface area contributed by atoms with E-state index in [-0.39, 0.29) is 29.4 Å². The van der Waals surface area contributed by atoms with Gasteiger partial charge in [0.15, 0.2) is 0 Å². The molecule has 24 heavy (non-hydrogen) atoms. The minimum absolute atomic E-state index is 0.0138. The van der Waals surface area contributed by atoms with E-state index in [4.69, 9.17) is 0 Å². The lowest BCUT2D eigenvalue weighted by Crippen LogP contribution is -2.44. The van der Waals surface area contributed by atoms with Gasteiger partial charge < -0.3 is 5.32 Å². The molecular formula is C17H25FN2O3S. The van der Waals surface area contributed by atoms with Crippen LogP contribution in [0.2, 0.25) is 0 Å². The number of halogens is 1. The fourth-order valence-electron chi connectivity index (χ4n) is 2.74. The number of sulfonamides is 1. The Kier molecular flexibility index (Phi) is 6.34. The molecule has 0 aromatic heterocycles. The van der Waals surface area contributed by atoms with Crippen LogP contribution in [0.25, 0.3) is 0 Å². The molecule has 1 aliphatic rings. The van der Waals surface area contributed by atoms with Crippen molar-refractivity contribution in [2.75, 3.05) is 13.1 Å². The van der Waals surface area contributed by atoms with Crippen LogP contribution in [0.1, 0.15) is 38.7 Å². The number of amides is 1. The molecule has 2 rings (SSSR count). The molecule has 0 spiro atoms. The summed E-state index contributed by atoms with van der Waals surface area (Å²) < 4.78 is 39.3. The zero-order valence-corrected chi connectivity index (χ0v) is 15.0. The summed E-state index contributed by atoms with van der Waals surface area (Å²) in [6.07, 6.45) is 1.94. The summed E-state index contributed by atoms with van der Waals surface area (Å²) in [5, 5.41) is 2.96. The van der Waals surface area contributed by atoms with Crippen LogP contribution in [0.5, 0.6) is 0 Å². The number of hydrogen-bond donors (Lipinski definition) is 1. The van der Waals surface area contributed by atoms with E-state index in [9.17, 15) is 17.6 Å². The van der Waals surface area contributed by atoms with Gasteiger partial charge in [0.2, 0.25) is 15.9 Å². The lowest BCUT2D eigenvalue weighted by molar-refractivity contribution is -0.126. The smallest absolute Gasteiger partial charge is 0.223 e. The lowest BCUT2D eigenvalue weighted by Gasteiger charge is -2.31. The van der Waals surface area contributed by atoms with Gasteiger partial charge in [-0.15, -0.1) is 0 Å². The van der Waals surface area contributed by atoms with E-state index in [1.165, 1.54) is 28.6 Å². The van der Waals surface area contributed by atoms with Crippen LogP contribution in [0.3, 0.4) is 0 Å². The normalized spacial score (nSPS) is 18.3. The Morgan fingerprint density at radius 2 is 1.88 bits per heavy atom. The van der Waals surface area contributed by atoms with Gasteiger partial charge in [-0.2, -0.15) is 0 Å². The molecular weight excluding hydrogens is 331 g/mol. The van der Waals surface area contributed by atoms with Gasteiger partial charge in [-0.3, -0.25) is 4.79 Å². The summed E-state index contributed by atoms with van der Waals surface area (Å²) >= 11 is 0. The molecule has 7 heteroatoms. The molecule has 1 unspecified atom stereocenters. The first-order valence-electron chi connectivity index (χ1n) is 8.34. The second kappa shape index (κ2) is 8.07. The van der Waals surface area contributed by atoms with Crippen molar-refractivity contribution in [3.63, 3.8) is 0 Å². The highest BCUT2D eigenvalue weighted by molar-refractivity contribution is 7.88. The highest BCUT2D eigenvalue weighted by Gasteiger charge is 2.31. The summed E-state index contributed by atoms with van der Waals surface area (Å²) in [6.45, 7) is 4.67.